The Hall–Kier alpha value is -3.23. The molecule has 0 saturated carbocycles. The predicted molar refractivity (Wildman–Crippen MR) is 110 cm³/mol. The van der Waals surface area contributed by atoms with Crippen molar-refractivity contribution in [3.63, 3.8) is 0 Å². The molecule has 29 heavy (non-hydrogen) atoms. The monoisotopic (exact) mass is 392 g/mol. The summed E-state index contributed by atoms with van der Waals surface area (Å²) >= 11 is 0. The summed E-state index contributed by atoms with van der Waals surface area (Å²) < 4.78 is 3.86. The molecule has 1 unspecified atom stereocenters. The quantitative estimate of drug-likeness (QED) is 0.562. The third-order valence-electron chi connectivity index (χ3n) is 5.49. The minimum atomic E-state index is -0.259. The van der Waals surface area contributed by atoms with Gasteiger partial charge >= 0.3 is 0 Å². The van der Waals surface area contributed by atoms with Crippen LogP contribution in [0, 0.1) is 0 Å². The minimum absolute atomic E-state index is 0.157. The van der Waals surface area contributed by atoms with Gasteiger partial charge in [0, 0.05) is 25.2 Å². The topological polar surface area (TPSA) is 97.0 Å². The molecule has 1 fully saturated rings. The van der Waals surface area contributed by atoms with Crippen molar-refractivity contribution >= 4 is 22.6 Å². The van der Waals surface area contributed by atoms with Crippen molar-refractivity contribution in [2.24, 2.45) is 0 Å². The molecule has 0 amide bonds. The molecule has 150 valence electrons. The Labute approximate surface area is 167 Å². The Morgan fingerprint density at radius 3 is 2.90 bits per heavy atom. The van der Waals surface area contributed by atoms with Gasteiger partial charge in [-0.1, -0.05) is 6.07 Å². The summed E-state index contributed by atoms with van der Waals surface area (Å²) in [4.78, 5) is 22.5. The maximum Gasteiger partial charge on any atom is 0.263 e. The highest BCUT2D eigenvalue weighted by Gasteiger charge is 2.28. The molecule has 4 aromatic rings. The van der Waals surface area contributed by atoms with Crippen molar-refractivity contribution in [3.05, 3.63) is 46.8 Å². The molecule has 9 heteroatoms. The molecule has 0 aromatic carbocycles. The number of pyridine rings is 1. The zero-order chi connectivity index (χ0) is 20.2. The Morgan fingerprint density at radius 1 is 1.21 bits per heavy atom. The highest BCUT2D eigenvalue weighted by atomic mass is 16.1. The molecular formula is C20H24N8O. The number of hydrogen-bond acceptors (Lipinski definition) is 6. The van der Waals surface area contributed by atoms with Crippen molar-refractivity contribution in [3.8, 4) is 0 Å². The van der Waals surface area contributed by atoms with Crippen LogP contribution in [-0.4, -0.2) is 47.4 Å². The molecular weight excluding hydrogens is 368 g/mol. The summed E-state index contributed by atoms with van der Waals surface area (Å²) in [6.07, 6.45) is 5.61. The van der Waals surface area contributed by atoms with Crippen LogP contribution in [0.2, 0.25) is 0 Å². The van der Waals surface area contributed by atoms with Crippen LogP contribution >= 0.6 is 0 Å². The van der Waals surface area contributed by atoms with Crippen molar-refractivity contribution < 1.29 is 0 Å². The first-order valence-electron chi connectivity index (χ1n) is 9.95. The predicted octanol–water partition coefficient (Wildman–Crippen LogP) is 2.30. The fourth-order valence-electron chi connectivity index (χ4n) is 4.07. The molecule has 1 atom stereocenters. The Bertz CT molecular complexity index is 1240. The number of anilines is 1. The Balaban J connectivity index is 1.52. The van der Waals surface area contributed by atoms with Gasteiger partial charge in [0.05, 0.1) is 11.7 Å². The van der Waals surface area contributed by atoms with E-state index in [0.717, 1.165) is 37.4 Å². The number of fused-ring (bicyclic) bond motifs is 2. The third kappa shape index (κ3) is 2.97. The molecule has 0 aliphatic carbocycles. The van der Waals surface area contributed by atoms with E-state index in [1.54, 1.807) is 6.20 Å². The number of hydrogen-bond donors (Lipinski definition) is 1. The van der Waals surface area contributed by atoms with E-state index < -0.39 is 0 Å². The molecule has 1 saturated heterocycles. The maximum absolute atomic E-state index is 12.7. The molecule has 9 nitrogen and oxygen atoms in total. The van der Waals surface area contributed by atoms with Gasteiger partial charge in [-0.2, -0.15) is 10.1 Å². The zero-order valence-corrected chi connectivity index (χ0v) is 16.8. The fraction of sp³-hybridized carbons (Fsp3) is 0.450. The van der Waals surface area contributed by atoms with E-state index in [4.69, 9.17) is 4.98 Å². The molecule has 0 bridgehead atoms. The second kappa shape index (κ2) is 6.40. The zero-order valence-electron chi connectivity index (χ0n) is 16.8. The van der Waals surface area contributed by atoms with Crippen LogP contribution < -0.4 is 10.5 Å². The van der Waals surface area contributed by atoms with Gasteiger partial charge in [-0.25, -0.2) is 4.68 Å². The molecule has 1 aliphatic heterocycles. The maximum atomic E-state index is 12.7. The van der Waals surface area contributed by atoms with E-state index in [2.05, 4.69) is 46.0 Å². The molecule has 5 heterocycles. The first kappa shape index (κ1) is 17.8. The van der Waals surface area contributed by atoms with Crippen molar-refractivity contribution in [1.29, 1.82) is 0 Å². The molecule has 0 spiro atoms. The highest BCUT2D eigenvalue weighted by molar-refractivity contribution is 5.74. The highest BCUT2D eigenvalue weighted by Crippen LogP contribution is 2.28. The molecule has 0 radical (unpaired) electrons. The SMILES string of the molecule is CC(C)(C)n1ncc2c(=O)[nH]c(N3CCCC(c4nnc5ccccn45)C3)nc21. The summed E-state index contributed by atoms with van der Waals surface area (Å²) in [5, 5.41) is 13.6. The van der Waals surface area contributed by atoms with Gasteiger partial charge in [0.25, 0.3) is 5.56 Å². The van der Waals surface area contributed by atoms with E-state index in [-0.39, 0.29) is 17.0 Å². The van der Waals surface area contributed by atoms with Gasteiger partial charge in [0.1, 0.15) is 11.2 Å². The van der Waals surface area contributed by atoms with Crippen LogP contribution in [0.1, 0.15) is 45.4 Å². The van der Waals surface area contributed by atoms with Crippen molar-refractivity contribution in [2.45, 2.75) is 45.1 Å². The van der Waals surface area contributed by atoms with Crippen LogP contribution in [0.3, 0.4) is 0 Å². The lowest BCUT2D eigenvalue weighted by molar-refractivity contribution is 0.365. The van der Waals surface area contributed by atoms with E-state index in [0.29, 0.717) is 17.0 Å². The van der Waals surface area contributed by atoms with Gasteiger partial charge in [-0.05, 0) is 45.7 Å². The number of nitrogens with one attached hydrogen (secondary N) is 1. The van der Waals surface area contributed by atoms with E-state index >= 15 is 0 Å². The second-order valence-electron chi connectivity index (χ2n) is 8.63. The van der Waals surface area contributed by atoms with Crippen LogP contribution in [0.25, 0.3) is 16.7 Å². The summed E-state index contributed by atoms with van der Waals surface area (Å²) in [7, 11) is 0. The van der Waals surface area contributed by atoms with Gasteiger partial charge in [-0.3, -0.25) is 14.2 Å². The number of nitrogens with zero attached hydrogens (tertiary/aromatic N) is 7. The average molecular weight is 392 g/mol. The number of piperidine rings is 1. The van der Waals surface area contributed by atoms with Gasteiger partial charge in [0.15, 0.2) is 11.3 Å². The van der Waals surface area contributed by atoms with E-state index in [1.165, 1.54) is 0 Å². The van der Waals surface area contributed by atoms with Crippen molar-refractivity contribution in [1.82, 2.24) is 34.3 Å². The largest absolute Gasteiger partial charge is 0.342 e. The lowest BCUT2D eigenvalue weighted by Gasteiger charge is -2.32. The molecule has 1 N–H and O–H groups in total. The lowest BCUT2D eigenvalue weighted by atomic mass is 9.97. The van der Waals surface area contributed by atoms with Gasteiger partial charge in [0.2, 0.25) is 5.95 Å². The third-order valence-corrected chi connectivity index (χ3v) is 5.49. The van der Waals surface area contributed by atoms with Crippen LogP contribution in [0.4, 0.5) is 5.95 Å². The Kier molecular flexibility index (Phi) is 3.94. The van der Waals surface area contributed by atoms with Gasteiger partial charge in [-0.15, -0.1) is 10.2 Å². The standard InChI is InChI=1S/C20H24N8O/c1-20(2,3)28-17-14(11-21-28)18(29)23-19(22-17)26-9-6-7-13(12-26)16-25-24-15-8-4-5-10-27(15)16/h4-5,8,10-11,13H,6-7,9,12H2,1-3H3,(H,22,23,29). The second-order valence-corrected chi connectivity index (χ2v) is 8.63. The molecule has 5 rings (SSSR count). The Morgan fingerprint density at radius 2 is 2.07 bits per heavy atom. The summed E-state index contributed by atoms with van der Waals surface area (Å²) in [5.74, 6) is 1.76. The number of aromatic amines is 1. The average Bonchev–Trinajstić information content (AvgIpc) is 3.32. The molecule has 4 aromatic heterocycles. The lowest BCUT2D eigenvalue weighted by Crippen LogP contribution is -2.37. The number of aromatic nitrogens is 7. The minimum Gasteiger partial charge on any atom is -0.342 e. The summed E-state index contributed by atoms with van der Waals surface area (Å²) in [6, 6.07) is 5.90. The summed E-state index contributed by atoms with van der Waals surface area (Å²) in [5.41, 5.74) is 1.05. The normalized spacial score (nSPS) is 18.0. The van der Waals surface area contributed by atoms with E-state index in [1.807, 2.05) is 33.5 Å². The number of H-pyrrole nitrogens is 1. The first-order chi connectivity index (χ1) is 13.9. The fourth-order valence-corrected chi connectivity index (χ4v) is 4.07. The molecule has 1 aliphatic rings. The van der Waals surface area contributed by atoms with E-state index in [9.17, 15) is 4.79 Å². The van der Waals surface area contributed by atoms with Gasteiger partial charge < -0.3 is 4.90 Å². The summed E-state index contributed by atoms with van der Waals surface area (Å²) in [6.45, 7) is 7.72. The van der Waals surface area contributed by atoms with Crippen molar-refractivity contribution in [2.75, 3.05) is 18.0 Å². The van der Waals surface area contributed by atoms with Crippen LogP contribution in [0.15, 0.2) is 35.4 Å². The first-order valence-corrected chi connectivity index (χ1v) is 9.95. The van der Waals surface area contributed by atoms with Crippen LogP contribution in [0.5, 0.6) is 0 Å². The van der Waals surface area contributed by atoms with Crippen LogP contribution in [-0.2, 0) is 5.54 Å². The smallest absolute Gasteiger partial charge is 0.263 e. The number of rotatable bonds is 2.